The molecule has 1 saturated carbocycles. The number of nitrogens with one attached hydrogen (secondary N) is 1. The number of aliphatic hydroxyl groups excluding tert-OH is 1. The van der Waals surface area contributed by atoms with Crippen LogP contribution in [-0.4, -0.2) is 37.5 Å². The Kier molecular flexibility index (Phi) is 6.01. The maximum atomic E-state index is 12.8. The molecule has 0 atom stereocenters. The number of halogens is 1. The van der Waals surface area contributed by atoms with Gasteiger partial charge < -0.3 is 15.5 Å². The second kappa shape index (κ2) is 8.57. The van der Waals surface area contributed by atoms with E-state index in [1.54, 1.807) is 26.0 Å². The van der Waals surface area contributed by atoms with Gasteiger partial charge in [0.2, 0.25) is 0 Å². The normalized spacial score (nSPS) is 19.5. The summed E-state index contributed by atoms with van der Waals surface area (Å²) >= 11 is 6.12. The van der Waals surface area contributed by atoms with Gasteiger partial charge in [0.05, 0.1) is 22.2 Å². The third-order valence-corrected chi connectivity index (χ3v) is 6.30. The minimum atomic E-state index is -1.19. The van der Waals surface area contributed by atoms with Crippen LogP contribution in [0.5, 0.6) is 0 Å². The summed E-state index contributed by atoms with van der Waals surface area (Å²) in [6, 6.07) is 7.21. The molecule has 1 amide bonds. The Bertz CT molecular complexity index is 1100. The molecule has 0 spiro atoms. The van der Waals surface area contributed by atoms with Gasteiger partial charge in [-0.15, -0.1) is 0 Å². The number of benzene rings is 1. The van der Waals surface area contributed by atoms with Gasteiger partial charge in [0.25, 0.3) is 5.91 Å². The molecule has 1 aliphatic carbocycles. The Morgan fingerprint density at radius 3 is 2.68 bits per heavy atom. The van der Waals surface area contributed by atoms with Gasteiger partial charge in [0.15, 0.2) is 0 Å². The standard InChI is InChI=1S/C23H27ClN4O3/c1-23(2,31)17-11-19-15(12-28(27-19)16-7-5-14(13-29)6-8-16)10-20(17)26-22(30)21-18(24)4-3-9-25-21/h3-4,9-12,14,16,29,31H,5-8,13H2,1-2H3,(H,26,30)/t14-,16-. The molecule has 0 aliphatic heterocycles. The molecule has 7 nitrogen and oxygen atoms in total. The van der Waals surface area contributed by atoms with Gasteiger partial charge in [-0.05, 0) is 69.7 Å². The number of aliphatic hydroxyl groups is 2. The lowest BCUT2D eigenvalue weighted by atomic mass is 9.87. The summed E-state index contributed by atoms with van der Waals surface area (Å²) in [5.41, 5.74) is 0.760. The van der Waals surface area contributed by atoms with E-state index >= 15 is 0 Å². The third kappa shape index (κ3) is 4.59. The lowest BCUT2D eigenvalue weighted by molar-refractivity contribution is 0.0793. The quantitative estimate of drug-likeness (QED) is 0.547. The minimum absolute atomic E-state index is 0.127. The van der Waals surface area contributed by atoms with Crippen molar-refractivity contribution in [2.75, 3.05) is 11.9 Å². The molecule has 1 aliphatic rings. The zero-order valence-electron chi connectivity index (χ0n) is 17.7. The van der Waals surface area contributed by atoms with Gasteiger partial charge in [-0.25, -0.2) is 4.98 Å². The molecule has 0 saturated heterocycles. The van der Waals surface area contributed by atoms with Crippen molar-refractivity contribution >= 4 is 34.1 Å². The van der Waals surface area contributed by atoms with Gasteiger partial charge in [-0.3, -0.25) is 9.48 Å². The molecule has 164 valence electrons. The predicted octanol–water partition coefficient (Wildman–Crippen LogP) is 4.29. The molecule has 3 N–H and O–H groups in total. The van der Waals surface area contributed by atoms with Crippen molar-refractivity contribution in [1.82, 2.24) is 14.8 Å². The second-order valence-corrected chi connectivity index (χ2v) is 9.18. The molecule has 1 aromatic carbocycles. The van der Waals surface area contributed by atoms with Crippen LogP contribution in [0.4, 0.5) is 5.69 Å². The molecular formula is C23H27ClN4O3. The average Bonchev–Trinajstić information content (AvgIpc) is 3.16. The van der Waals surface area contributed by atoms with Crippen LogP contribution in [0.1, 0.15) is 61.6 Å². The highest BCUT2D eigenvalue weighted by atomic mass is 35.5. The zero-order valence-corrected chi connectivity index (χ0v) is 18.4. The van der Waals surface area contributed by atoms with Crippen LogP contribution in [0, 0.1) is 5.92 Å². The van der Waals surface area contributed by atoms with Crippen molar-refractivity contribution in [2.45, 2.75) is 51.2 Å². The number of hydrogen-bond donors (Lipinski definition) is 3. The SMILES string of the molecule is CC(C)(O)c1cc2nn([C@H]3CC[C@H](CO)CC3)cc2cc1NC(=O)c1ncccc1Cl. The van der Waals surface area contributed by atoms with Crippen LogP contribution in [0.2, 0.25) is 5.02 Å². The van der Waals surface area contributed by atoms with Crippen molar-refractivity contribution < 1.29 is 15.0 Å². The Morgan fingerprint density at radius 2 is 2.03 bits per heavy atom. The van der Waals surface area contributed by atoms with E-state index in [1.165, 1.54) is 6.20 Å². The molecule has 31 heavy (non-hydrogen) atoms. The van der Waals surface area contributed by atoms with E-state index in [1.807, 2.05) is 23.0 Å². The molecule has 1 fully saturated rings. The van der Waals surface area contributed by atoms with E-state index in [2.05, 4.69) is 10.3 Å². The fourth-order valence-electron chi connectivity index (χ4n) is 4.21. The molecule has 2 aromatic heterocycles. The van der Waals surface area contributed by atoms with Crippen LogP contribution in [0.25, 0.3) is 10.9 Å². The van der Waals surface area contributed by atoms with Crippen LogP contribution in [0.3, 0.4) is 0 Å². The fraction of sp³-hybridized carbons (Fsp3) is 0.435. The highest BCUT2D eigenvalue weighted by molar-refractivity contribution is 6.34. The largest absolute Gasteiger partial charge is 0.396 e. The summed E-state index contributed by atoms with van der Waals surface area (Å²) < 4.78 is 1.98. The molecular weight excluding hydrogens is 416 g/mol. The first kappa shape index (κ1) is 21.7. The zero-order chi connectivity index (χ0) is 22.2. The highest BCUT2D eigenvalue weighted by Crippen LogP contribution is 2.35. The van der Waals surface area contributed by atoms with Crippen LogP contribution in [-0.2, 0) is 5.60 Å². The first-order valence-electron chi connectivity index (χ1n) is 10.5. The van der Waals surface area contributed by atoms with Gasteiger partial charge in [-0.1, -0.05) is 11.6 Å². The van der Waals surface area contributed by atoms with E-state index in [4.69, 9.17) is 16.7 Å². The summed E-state index contributed by atoms with van der Waals surface area (Å²) in [7, 11) is 0. The molecule has 8 heteroatoms. The summed E-state index contributed by atoms with van der Waals surface area (Å²) in [5, 5.41) is 28.9. The van der Waals surface area contributed by atoms with E-state index in [9.17, 15) is 15.0 Å². The summed E-state index contributed by atoms with van der Waals surface area (Å²) in [6.45, 7) is 3.58. The smallest absolute Gasteiger partial charge is 0.275 e. The molecule has 2 heterocycles. The Labute approximate surface area is 186 Å². The lowest BCUT2D eigenvalue weighted by Gasteiger charge is -2.27. The lowest BCUT2D eigenvalue weighted by Crippen LogP contribution is -2.21. The maximum absolute atomic E-state index is 12.8. The molecule has 4 rings (SSSR count). The van der Waals surface area contributed by atoms with Crippen molar-refractivity contribution in [3.8, 4) is 0 Å². The average molecular weight is 443 g/mol. The summed E-state index contributed by atoms with van der Waals surface area (Å²) in [5.74, 6) is -0.0616. The van der Waals surface area contributed by atoms with Crippen molar-refractivity contribution in [2.24, 2.45) is 5.92 Å². The molecule has 0 unspecified atom stereocenters. The number of carbonyl (C=O) groups excluding carboxylic acids is 1. The van der Waals surface area contributed by atoms with Gasteiger partial charge in [0.1, 0.15) is 5.69 Å². The summed E-state index contributed by atoms with van der Waals surface area (Å²) in [6.07, 6.45) is 7.41. The number of rotatable bonds is 5. The number of fused-ring (bicyclic) bond motifs is 1. The predicted molar refractivity (Wildman–Crippen MR) is 120 cm³/mol. The monoisotopic (exact) mass is 442 g/mol. The number of pyridine rings is 1. The topological polar surface area (TPSA) is 100 Å². The highest BCUT2D eigenvalue weighted by Gasteiger charge is 2.26. The molecule has 0 bridgehead atoms. The van der Waals surface area contributed by atoms with Crippen LogP contribution >= 0.6 is 11.6 Å². The van der Waals surface area contributed by atoms with Gasteiger partial charge in [-0.2, -0.15) is 5.10 Å². The fourth-order valence-corrected chi connectivity index (χ4v) is 4.42. The minimum Gasteiger partial charge on any atom is -0.396 e. The first-order valence-corrected chi connectivity index (χ1v) is 10.9. The number of anilines is 1. The van der Waals surface area contributed by atoms with Gasteiger partial charge in [0, 0.05) is 35.6 Å². The number of hydrogen-bond acceptors (Lipinski definition) is 5. The molecule has 0 radical (unpaired) electrons. The van der Waals surface area contributed by atoms with E-state index in [0.717, 1.165) is 36.6 Å². The second-order valence-electron chi connectivity index (χ2n) is 8.77. The maximum Gasteiger partial charge on any atom is 0.275 e. The number of amides is 1. The van der Waals surface area contributed by atoms with Crippen LogP contribution in [0.15, 0.2) is 36.7 Å². The van der Waals surface area contributed by atoms with E-state index in [-0.39, 0.29) is 23.4 Å². The number of carbonyl (C=O) groups is 1. The molecule has 3 aromatic rings. The Morgan fingerprint density at radius 1 is 1.29 bits per heavy atom. The van der Waals surface area contributed by atoms with Crippen LogP contribution < -0.4 is 5.32 Å². The Hall–Kier alpha value is -2.48. The van der Waals surface area contributed by atoms with Crippen molar-refractivity contribution in [1.29, 1.82) is 0 Å². The van der Waals surface area contributed by atoms with Crippen molar-refractivity contribution in [3.05, 3.63) is 52.9 Å². The van der Waals surface area contributed by atoms with E-state index in [0.29, 0.717) is 17.2 Å². The van der Waals surface area contributed by atoms with E-state index < -0.39 is 11.5 Å². The third-order valence-electron chi connectivity index (χ3n) is 5.99. The Balaban J connectivity index is 1.67. The number of aromatic nitrogens is 3. The van der Waals surface area contributed by atoms with Gasteiger partial charge >= 0.3 is 0 Å². The summed E-state index contributed by atoms with van der Waals surface area (Å²) in [4.78, 5) is 16.8. The first-order chi connectivity index (χ1) is 14.8. The van der Waals surface area contributed by atoms with Crippen molar-refractivity contribution in [3.63, 3.8) is 0 Å². The number of nitrogens with zero attached hydrogens (tertiary/aromatic N) is 3.